The molecule has 0 unspecified atom stereocenters. The van der Waals surface area contributed by atoms with Crippen LogP contribution in [0, 0.1) is 0 Å². The van der Waals surface area contributed by atoms with Gasteiger partial charge in [0.2, 0.25) is 0 Å². The molecule has 3 nitrogen and oxygen atoms in total. The second-order valence-corrected chi connectivity index (χ2v) is 5.81. The number of aromatic nitrogens is 2. The molecule has 6 heteroatoms. The predicted octanol–water partition coefficient (Wildman–Crippen LogP) is 4.60. The second-order valence-electron chi connectivity index (χ2n) is 3.97. The van der Waals surface area contributed by atoms with Crippen LogP contribution in [-0.4, -0.2) is 9.97 Å². The van der Waals surface area contributed by atoms with Crippen molar-refractivity contribution < 1.29 is 0 Å². The number of benzene rings is 2. The van der Waals surface area contributed by atoms with E-state index in [1.807, 2.05) is 24.3 Å². The first kappa shape index (κ1) is 12.7. The summed E-state index contributed by atoms with van der Waals surface area (Å²) < 4.78 is 0. The van der Waals surface area contributed by atoms with Crippen LogP contribution in [0.3, 0.4) is 0 Å². The summed E-state index contributed by atoms with van der Waals surface area (Å²) in [6, 6.07) is 11.2. The molecule has 0 saturated carbocycles. The van der Waals surface area contributed by atoms with Crippen LogP contribution in [0.5, 0.6) is 0 Å². The van der Waals surface area contributed by atoms with Gasteiger partial charge in [-0.15, -0.1) is 0 Å². The minimum absolute atomic E-state index is 0.452. The van der Waals surface area contributed by atoms with E-state index in [1.165, 1.54) is 11.8 Å². The summed E-state index contributed by atoms with van der Waals surface area (Å²) in [7, 11) is 0. The van der Waals surface area contributed by atoms with Crippen LogP contribution >= 0.6 is 35.0 Å². The smallest absolute Gasteiger partial charge is 0.171 e. The Labute approximate surface area is 124 Å². The molecule has 19 heavy (non-hydrogen) atoms. The molecule has 3 N–H and O–H groups in total. The van der Waals surface area contributed by atoms with Gasteiger partial charge in [-0.05, 0) is 36.0 Å². The van der Waals surface area contributed by atoms with E-state index in [9.17, 15) is 0 Å². The quantitative estimate of drug-likeness (QED) is 0.680. The highest BCUT2D eigenvalue weighted by molar-refractivity contribution is 7.99. The molecule has 1 aromatic heterocycles. The Hall–Kier alpha value is -1.36. The molecule has 3 aromatic rings. The zero-order valence-corrected chi connectivity index (χ0v) is 12.0. The summed E-state index contributed by atoms with van der Waals surface area (Å²) in [5.74, 6) is 0. The first-order valence-corrected chi connectivity index (χ1v) is 7.08. The van der Waals surface area contributed by atoms with Crippen molar-refractivity contribution in [3.05, 3.63) is 46.4 Å². The number of anilines is 1. The fraction of sp³-hybridized carbons (Fsp3) is 0. The minimum atomic E-state index is 0.452. The van der Waals surface area contributed by atoms with Crippen molar-refractivity contribution in [3.63, 3.8) is 0 Å². The summed E-state index contributed by atoms with van der Waals surface area (Å²) in [4.78, 5) is 8.53. The van der Waals surface area contributed by atoms with Crippen molar-refractivity contribution in [2.75, 3.05) is 5.73 Å². The second kappa shape index (κ2) is 4.96. The van der Waals surface area contributed by atoms with Gasteiger partial charge in [0, 0.05) is 10.6 Å². The number of halogens is 2. The lowest BCUT2D eigenvalue weighted by atomic mass is 10.3. The maximum atomic E-state index is 6.00. The lowest BCUT2D eigenvalue weighted by Crippen LogP contribution is -1.89. The Morgan fingerprint density at radius 3 is 2.63 bits per heavy atom. The maximum absolute atomic E-state index is 6.00. The van der Waals surface area contributed by atoms with Crippen molar-refractivity contribution in [2.45, 2.75) is 10.1 Å². The van der Waals surface area contributed by atoms with E-state index >= 15 is 0 Å². The van der Waals surface area contributed by atoms with Crippen molar-refractivity contribution in [1.82, 2.24) is 9.97 Å². The summed E-state index contributed by atoms with van der Waals surface area (Å²) in [5, 5.41) is 1.70. The maximum Gasteiger partial charge on any atom is 0.171 e. The number of imidazole rings is 1. The molecule has 0 atom stereocenters. The van der Waals surface area contributed by atoms with E-state index < -0.39 is 0 Å². The number of nitrogens with zero attached hydrogens (tertiary/aromatic N) is 1. The number of nitrogens with two attached hydrogens (primary N) is 1. The Morgan fingerprint density at radius 2 is 1.84 bits per heavy atom. The average molecular weight is 310 g/mol. The fourth-order valence-corrected chi connectivity index (χ4v) is 2.98. The summed E-state index contributed by atoms with van der Waals surface area (Å²) >= 11 is 13.3. The normalized spacial score (nSPS) is 11.1. The van der Waals surface area contributed by atoms with Crippen LogP contribution < -0.4 is 5.73 Å². The molecule has 0 fully saturated rings. The van der Waals surface area contributed by atoms with Gasteiger partial charge in [0.15, 0.2) is 5.16 Å². The van der Waals surface area contributed by atoms with E-state index in [1.54, 1.807) is 12.1 Å². The van der Waals surface area contributed by atoms with E-state index in [0.717, 1.165) is 21.1 Å². The van der Waals surface area contributed by atoms with Gasteiger partial charge in [-0.25, -0.2) is 4.98 Å². The fourth-order valence-electron chi connectivity index (χ4n) is 1.71. The third-order valence-electron chi connectivity index (χ3n) is 2.63. The molecule has 0 spiro atoms. The van der Waals surface area contributed by atoms with E-state index in [4.69, 9.17) is 28.9 Å². The lowest BCUT2D eigenvalue weighted by molar-refractivity contribution is 1.08. The molecule has 0 saturated heterocycles. The van der Waals surface area contributed by atoms with Crippen LogP contribution in [0.1, 0.15) is 0 Å². The Balaban J connectivity index is 1.98. The zero-order valence-electron chi connectivity index (χ0n) is 9.65. The SMILES string of the molecule is Nc1cc(Cl)c(Cl)cc1Sc1nc2ccccc2[nH]1. The average Bonchev–Trinajstić information content (AvgIpc) is 2.78. The minimum Gasteiger partial charge on any atom is -0.398 e. The van der Waals surface area contributed by atoms with Crippen molar-refractivity contribution >= 4 is 51.7 Å². The largest absolute Gasteiger partial charge is 0.398 e. The molecular weight excluding hydrogens is 301 g/mol. The molecule has 96 valence electrons. The van der Waals surface area contributed by atoms with Crippen LogP contribution in [-0.2, 0) is 0 Å². The highest BCUT2D eigenvalue weighted by Gasteiger charge is 2.09. The monoisotopic (exact) mass is 309 g/mol. The summed E-state index contributed by atoms with van der Waals surface area (Å²) in [6.07, 6.45) is 0. The molecule has 2 aromatic carbocycles. The number of H-pyrrole nitrogens is 1. The van der Waals surface area contributed by atoms with E-state index in [-0.39, 0.29) is 0 Å². The molecular formula is C13H9Cl2N3S. The zero-order chi connectivity index (χ0) is 13.4. The van der Waals surface area contributed by atoms with Gasteiger partial charge in [0.25, 0.3) is 0 Å². The number of fused-ring (bicyclic) bond motifs is 1. The molecule has 1 heterocycles. The van der Waals surface area contributed by atoms with Crippen LogP contribution in [0.2, 0.25) is 10.0 Å². The summed E-state index contributed by atoms with van der Waals surface area (Å²) in [5.41, 5.74) is 8.42. The van der Waals surface area contributed by atoms with Crippen LogP contribution in [0.15, 0.2) is 46.5 Å². The summed E-state index contributed by atoms with van der Waals surface area (Å²) in [6.45, 7) is 0. The van der Waals surface area contributed by atoms with Gasteiger partial charge in [-0.1, -0.05) is 35.3 Å². The number of para-hydroxylation sites is 2. The molecule has 0 bridgehead atoms. The lowest BCUT2D eigenvalue weighted by Gasteiger charge is -2.05. The van der Waals surface area contributed by atoms with E-state index in [2.05, 4.69) is 9.97 Å². The Morgan fingerprint density at radius 1 is 1.11 bits per heavy atom. The topological polar surface area (TPSA) is 54.7 Å². The molecule has 0 radical (unpaired) electrons. The number of rotatable bonds is 2. The highest BCUT2D eigenvalue weighted by Crippen LogP contribution is 2.36. The van der Waals surface area contributed by atoms with E-state index in [0.29, 0.717) is 15.7 Å². The Kier molecular flexibility index (Phi) is 3.31. The van der Waals surface area contributed by atoms with Crippen molar-refractivity contribution in [1.29, 1.82) is 0 Å². The predicted molar refractivity (Wildman–Crippen MR) is 81.1 cm³/mol. The molecule has 0 aliphatic carbocycles. The number of hydrogen-bond donors (Lipinski definition) is 2. The molecule has 0 aliphatic rings. The molecule has 0 aliphatic heterocycles. The van der Waals surface area contributed by atoms with Gasteiger partial charge >= 0.3 is 0 Å². The van der Waals surface area contributed by atoms with Gasteiger partial charge < -0.3 is 10.7 Å². The highest BCUT2D eigenvalue weighted by atomic mass is 35.5. The third-order valence-corrected chi connectivity index (χ3v) is 4.31. The van der Waals surface area contributed by atoms with Gasteiger partial charge in [0.05, 0.1) is 21.1 Å². The number of hydrogen-bond acceptors (Lipinski definition) is 3. The Bertz CT molecular complexity index is 722. The first-order chi connectivity index (χ1) is 9.13. The number of nitrogens with one attached hydrogen (secondary N) is 1. The first-order valence-electron chi connectivity index (χ1n) is 5.50. The van der Waals surface area contributed by atoms with Gasteiger partial charge in [-0.3, -0.25) is 0 Å². The van der Waals surface area contributed by atoms with Gasteiger partial charge in [0.1, 0.15) is 0 Å². The van der Waals surface area contributed by atoms with Gasteiger partial charge in [-0.2, -0.15) is 0 Å². The van der Waals surface area contributed by atoms with Crippen molar-refractivity contribution in [2.24, 2.45) is 0 Å². The third kappa shape index (κ3) is 2.52. The standard InChI is InChI=1S/C13H9Cl2N3S/c14-7-5-9(16)12(6-8(7)15)19-13-17-10-3-1-2-4-11(10)18-13/h1-6H,16H2,(H,17,18). The van der Waals surface area contributed by atoms with Crippen molar-refractivity contribution in [3.8, 4) is 0 Å². The molecule has 3 rings (SSSR count). The molecule has 0 amide bonds. The van der Waals surface area contributed by atoms with Crippen LogP contribution in [0.25, 0.3) is 11.0 Å². The van der Waals surface area contributed by atoms with Crippen LogP contribution in [0.4, 0.5) is 5.69 Å². The number of nitrogen functional groups attached to an aromatic ring is 1. The number of aromatic amines is 1.